The molecular formula is C19H31N3O3S. The van der Waals surface area contributed by atoms with E-state index < -0.39 is 10.0 Å². The molecule has 1 N–H and O–H groups in total. The number of amides is 1. The Hall–Kier alpha value is -1.34. The number of nitrogens with zero attached hydrogens (tertiary/aromatic N) is 2. The molecule has 146 valence electrons. The number of hydrogen-bond acceptors (Lipinski definition) is 3. The molecule has 1 aliphatic carbocycles. The summed E-state index contributed by atoms with van der Waals surface area (Å²) in [7, 11) is -1.84. The molecule has 0 spiro atoms. The van der Waals surface area contributed by atoms with Crippen molar-refractivity contribution in [1.29, 1.82) is 0 Å². The lowest BCUT2D eigenvalue weighted by molar-refractivity contribution is 0.0714. The molecule has 0 radical (unpaired) electrons. The summed E-state index contributed by atoms with van der Waals surface area (Å²) in [5.74, 6) is -0.0637. The minimum absolute atomic E-state index is 0.00310. The van der Waals surface area contributed by atoms with E-state index in [1.807, 2.05) is 4.90 Å². The number of carbonyl (C=O) groups excluding carboxylic acids is 1. The first kappa shape index (κ1) is 19.4. The molecule has 26 heavy (non-hydrogen) atoms. The number of likely N-dealkylation sites (tertiary alicyclic amines) is 1. The van der Waals surface area contributed by atoms with Crippen LogP contribution in [0.1, 0.15) is 74.0 Å². The molecule has 6 nitrogen and oxygen atoms in total. The van der Waals surface area contributed by atoms with E-state index in [0.717, 1.165) is 58.0 Å². The molecule has 1 saturated carbocycles. The second kappa shape index (κ2) is 8.13. The Bertz CT molecular complexity index is 740. The molecule has 0 unspecified atom stereocenters. The molecule has 7 heteroatoms. The standard InChI is InChI=1S/C19H31N3O3S/c1-15-18(26(24,25)20-16-10-6-3-4-7-11-16)14-17(21(15)2)19(23)22-12-8-5-9-13-22/h14,16,20H,3-13H2,1-2H3. The third kappa shape index (κ3) is 4.14. The molecule has 0 atom stereocenters. The van der Waals surface area contributed by atoms with Crippen LogP contribution in [0, 0.1) is 6.92 Å². The highest BCUT2D eigenvalue weighted by Crippen LogP contribution is 2.24. The zero-order valence-electron chi connectivity index (χ0n) is 16.0. The van der Waals surface area contributed by atoms with E-state index in [9.17, 15) is 13.2 Å². The van der Waals surface area contributed by atoms with Crippen molar-refractivity contribution in [2.75, 3.05) is 13.1 Å². The second-order valence-corrected chi connectivity index (χ2v) is 9.38. The van der Waals surface area contributed by atoms with Crippen LogP contribution in [0.25, 0.3) is 0 Å². The summed E-state index contributed by atoms with van der Waals surface area (Å²) in [4.78, 5) is 14.9. The van der Waals surface area contributed by atoms with Crippen LogP contribution in [0.4, 0.5) is 0 Å². The first-order chi connectivity index (χ1) is 12.4. The van der Waals surface area contributed by atoms with Crippen molar-refractivity contribution in [2.24, 2.45) is 7.05 Å². The van der Waals surface area contributed by atoms with E-state index in [2.05, 4.69) is 4.72 Å². The van der Waals surface area contributed by atoms with Gasteiger partial charge >= 0.3 is 0 Å². The van der Waals surface area contributed by atoms with Crippen LogP contribution in [0.15, 0.2) is 11.0 Å². The van der Waals surface area contributed by atoms with Crippen LogP contribution in [-0.4, -0.2) is 42.9 Å². The van der Waals surface area contributed by atoms with Gasteiger partial charge in [0.1, 0.15) is 10.6 Å². The quantitative estimate of drug-likeness (QED) is 0.815. The van der Waals surface area contributed by atoms with Gasteiger partial charge in [0, 0.05) is 31.9 Å². The van der Waals surface area contributed by atoms with Crippen molar-refractivity contribution in [3.63, 3.8) is 0 Å². The summed E-state index contributed by atoms with van der Waals surface area (Å²) in [6.07, 6.45) is 9.47. The van der Waals surface area contributed by atoms with E-state index >= 15 is 0 Å². The second-order valence-electron chi connectivity index (χ2n) is 7.70. The predicted molar refractivity (Wildman–Crippen MR) is 102 cm³/mol. The van der Waals surface area contributed by atoms with Crippen molar-refractivity contribution < 1.29 is 13.2 Å². The van der Waals surface area contributed by atoms with Crippen LogP contribution in [-0.2, 0) is 17.1 Å². The summed E-state index contributed by atoms with van der Waals surface area (Å²) in [5.41, 5.74) is 1.08. The van der Waals surface area contributed by atoms with Crippen LogP contribution in [0.5, 0.6) is 0 Å². The number of aromatic nitrogens is 1. The van der Waals surface area contributed by atoms with Crippen molar-refractivity contribution in [1.82, 2.24) is 14.2 Å². The fourth-order valence-corrected chi connectivity index (χ4v) is 5.68. The zero-order chi connectivity index (χ0) is 18.7. The van der Waals surface area contributed by atoms with Gasteiger partial charge in [-0.05, 0) is 45.1 Å². The maximum Gasteiger partial charge on any atom is 0.270 e. The van der Waals surface area contributed by atoms with Crippen molar-refractivity contribution >= 4 is 15.9 Å². The van der Waals surface area contributed by atoms with Gasteiger partial charge in [0.2, 0.25) is 10.0 Å². The molecule has 3 rings (SSSR count). The van der Waals surface area contributed by atoms with Gasteiger partial charge in [-0.3, -0.25) is 4.79 Å². The minimum atomic E-state index is -3.61. The largest absolute Gasteiger partial charge is 0.343 e. The molecule has 1 saturated heterocycles. The van der Waals surface area contributed by atoms with E-state index in [1.54, 1.807) is 24.6 Å². The summed E-state index contributed by atoms with van der Waals surface area (Å²) in [5, 5.41) is 0. The first-order valence-corrected chi connectivity index (χ1v) is 11.4. The van der Waals surface area contributed by atoms with Gasteiger partial charge in [-0.15, -0.1) is 0 Å². The lowest BCUT2D eigenvalue weighted by atomic mass is 10.1. The highest BCUT2D eigenvalue weighted by Gasteiger charge is 2.29. The molecule has 2 aliphatic rings. The average molecular weight is 382 g/mol. The van der Waals surface area contributed by atoms with E-state index in [0.29, 0.717) is 11.4 Å². The van der Waals surface area contributed by atoms with Crippen molar-refractivity contribution in [3.05, 3.63) is 17.5 Å². The molecule has 2 heterocycles. The smallest absolute Gasteiger partial charge is 0.270 e. The van der Waals surface area contributed by atoms with Crippen molar-refractivity contribution in [3.8, 4) is 0 Å². The SMILES string of the molecule is Cc1c(S(=O)(=O)NC2CCCCCC2)cc(C(=O)N2CCCCC2)n1C. The topological polar surface area (TPSA) is 71.4 Å². The van der Waals surface area contributed by atoms with Gasteiger partial charge in [0.25, 0.3) is 5.91 Å². The lowest BCUT2D eigenvalue weighted by Gasteiger charge is -2.26. The summed E-state index contributed by atoms with van der Waals surface area (Å²) < 4.78 is 30.5. The number of nitrogens with one attached hydrogen (secondary N) is 1. The molecule has 1 aromatic rings. The van der Waals surface area contributed by atoms with Crippen LogP contribution >= 0.6 is 0 Å². The number of carbonyl (C=O) groups is 1. The maximum absolute atomic E-state index is 12.9. The average Bonchev–Trinajstić information content (AvgIpc) is 2.79. The molecule has 1 amide bonds. The zero-order valence-corrected chi connectivity index (χ0v) is 16.8. The Balaban J connectivity index is 1.82. The highest BCUT2D eigenvalue weighted by molar-refractivity contribution is 7.89. The Morgan fingerprint density at radius 2 is 1.62 bits per heavy atom. The Labute approximate surface area is 157 Å². The van der Waals surface area contributed by atoms with Gasteiger partial charge < -0.3 is 9.47 Å². The summed E-state index contributed by atoms with van der Waals surface area (Å²) in [6.45, 7) is 3.28. The molecular weight excluding hydrogens is 350 g/mol. The molecule has 0 bridgehead atoms. The third-order valence-corrected chi connectivity index (χ3v) is 7.45. The number of sulfonamides is 1. The minimum Gasteiger partial charge on any atom is -0.343 e. The summed E-state index contributed by atoms with van der Waals surface area (Å²) in [6, 6.07) is 1.56. The molecule has 2 fully saturated rings. The van der Waals surface area contributed by atoms with Gasteiger partial charge in [0.05, 0.1) is 0 Å². The van der Waals surface area contributed by atoms with Crippen LogP contribution in [0.3, 0.4) is 0 Å². The third-order valence-electron chi connectivity index (χ3n) is 5.82. The predicted octanol–water partition coefficient (Wildman–Crippen LogP) is 2.96. The molecule has 0 aromatic carbocycles. The van der Waals surface area contributed by atoms with Crippen LogP contribution < -0.4 is 4.72 Å². The Morgan fingerprint density at radius 3 is 2.23 bits per heavy atom. The number of rotatable bonds is 4. The first-order valence-electron chi connectivity index (χ1n) is 9.88. The number of hydrogen-bond donors (Lipinski definition) is 1. The lowest BCUT2D eigenvalue weighted by Crippen LogP contribution is -2.36. The van der Waals surface area contributed by atoms with E-state index in [-0.39, 0.29) is 16.8 Å². The van der Waals surface area contributed by atoms with Crippen LogP contribution in [0.2, 0.25) is 0 Å². The monoisotopic (exact) mass is 381 g/mol. The van der Waals surface area contributed by atoms with E-state index in [1.165, 1.54) is 12.8 Å². The Kier molecular flexibility index (Phi) is 6.07. The van der Waals surface area contributed by atoms with Gasteiger partial charge in [0.15, 0.2) is 0 Å². The normalized spacial score (nSPS) is 20.2. The fraction of sp³-hybridized carbons (Fsp3) is 0.737. The maximum atomic E-state index is 12.9. The van der Waals surface area contributed by atoms with E-state index in [4.69, 9.17) is 0 Å². The van der Waals surface area contributed by atoms with Gasteiger partial charge in [-0.1, -0.05) is 25.7 Å². The van der Waals surface area contributed by atoms with Crippen molar-refractivity contribution in [2.45, 2.75) is 75.6 Å². The van der Waals surface area contributed by atoms with Gasteiger partial charge in [-0.2, -0.15) is 0 Å². The summed E-state index contributed by atoms with van der Waals surface area (Å²) >= 11 is 0. The van der Waals surface area contributed by atoms with Gasteiger partial charge in [-0.25, -0.2) is 13.1 Å². The molecule has 1 aliphatic heterocycles. The number of piperidine rings is 1. The Morgan fingerprint density at radius 1 is 1.04 bits per heavy atom. The fourth-order valence-electron chi connectivity index (χ4n) is 4.09. The highest BCUT2D eigenvalue weighted by atomic mass is 32.2. The molecule has 1 aromatic heterocycles.